The van der Waals surface area contributed by atoms with Gasteiger partial charge in [-0.2, -0.15) is 0 Å². The minimum atomic E-state index is -2.94. The quantitative estimate of drug-likeness (QED) is 0.377. The van der Waals surface area contributed by atoms with Gasteiger partial charge >= 0.3 is 5.97 Å². The number of halogens is 2. The van der Waals surface area contributed by atoms with Gasteiger partial charge in [-0.25, -0.2) is 18.6 Å². The number of nitrogens with zero attached hydrogens (tertiary/aromatic N) is 2. The van der Waals surface area contributed by atoms with Crippen molar-refractivity contribution in [1.82, 2.24) is 15.2 Å². The first-order valence-corrected chi connectivity index (χ1v) is 15.1. The topological polar surface area (TPSA) is 91.8 Å². The SMILES string of the molecule is COc1ncc(C2CCC2)cc1CN[C@H]1[C@H](C(C)(C)C)[C@@H](C(=O)O)N(C(=O)[C@@H]2CCCC(F)(F)C2)[C@H]1c1ccccc1. The first-order valence-electron chi connectivity index (χ1n) is 15.1. The summed E-state index contributed by atoms with van der Waals surface area (Å²) in [5.74, 6) is -5.02. The molecule has 2 aliphatic carbocycles. The van der Waals surface area contributed by atoms with Crippen molar-refractivity contribution in [2.24, 2.45) is 17.3 Å². The fraction of sp³-hybridized carbons (Fsp3) is 0.606. The zero-order valence-electron chi connectivity index (χ0n) is 25.0. The average molecular weight is 584 g/mol. The number of aromatic nitrogens is 1. The maximum atomic E-state index is 14.5. The molecule has 1 aromatic heterocycles. The third-order valence-electron chi connectivity index (χ3n) is 9.55. The molecule has 42 heavy (non-hydrogen) atoms. The number of hydrogen-bond acceptors (Lipinski definition) is 5. The van der Waals surface area contributed by atoms with Gasteiger partial charge in [0, 0.05) is 49.0 Å². The number of carbonyl (C=O) groups is 2. The number of aliphatic carboxylic acids is 1. The number of carboxylic acids is 1. The van der Waals surface area contributed by atoms with Crippen molar-refractivity contribution in [3.8, 4) is 5.88 Å². The first kappa shape index (κ1) is 30.4. The van der Waals surface area contributed by atoms with E-state index in [-0.39, 0.29) is 12.8 Å². The highest BCUT2D eigenvalue weighted by atomic mass is 19.3. The molecule has 0 radical (unpaired) electrons. The molecule has 9 heteroatoms. The molecule has 2 saturated carbocycles. The average Bonchev–Trinajstić information content (AvgIpc) is 3.26. The van der Waals surface area contributed by atoms with Crippen LogP contribution in [0, 0.1) is 17.3 Å². The number of pyridine rings is 1. The molecule has 0 unspecified atom stereocenters. The smallest absolute Gasteiger partial charge is 0.326 e. The molecule has 1 aliphatic heterocycles. The van der Waals surface area contributed by atoms with Crippen molar-refractivity contribution in [2.45, 2.75) is 102 Å². The van der Waals surface area contributed by atoms with Crippen LogP contribution in [0.4, 0.5) is 8.78 Å². The number of carbonyl (C=O) groups excluding carboxylic acids is 1. The van der Waals surface area contributed by atoms with Crippen LogP contribution in [0.25, 0.3) is 0 Å². The number of methoxy groups -OCH3 is 1. The standard InChI is InChI=1S/C33H43F2N3O4/c1-32(2,3)25-26(36-19-24-16-23(20-12-8-13-20)18-37-29(24)42-4)27(21-10-6-5-7-11-21)38(28(25)31(40)41)30(39)22-14-9-15-33(34,35)17-22/h5-7,10-11,16,18,20,22,25-28,36H,8-9,12-15,17,19H2,1-4H3,(H,40,41)/t22-,25+,26+,27+,28+/m1/s1. The number of benzene rings is 1. The zero-order valence-corrected chi connectivity index (χ0v) is 25.0. The van der Waals surface area contributed by atoms with E-state index >= 15 is 0 Å². The lowest BCUT2D eigenvalue weighted by Gasteiger charge is -2.37. The second-order valence-electron chi connectivity index (χ2n) is 13.4. The Morgan fingerprint density at radius 2 is 1.83 bits per heavy atom. The predicted octanol–water partition coefficient (Wildman–Crippen LogP) is 6.34. The van der Waals surface area contributed by atoms with Gasteiger partial charge in [0.15, 0.2) is 0 Å². The summed E-state index contributed by atoms with van der Waals surface area (Å²) in [5, 5.41) is 14.3. The Hall–Kier alpha value is -3.07. The summed E-state index contributed by atoms with van der Waals surface area (Å²) >= 11 is 0. The van der Waals surface area contributed by atoms with Crippen LogP contribution in [0.5, 0.6) is 5.88 Å². The maximum Gasteiger partial charge on any atom is 0.326 e. The monoisotopic (exact) mass is 583 g/mol. The highest BCUT2D eigenvalue weighted by Crippen LogP contribution is 2.50. The van der Waals surface area contributed by atoms with Gasteiger partial charge in [0.1, 0.15) is 6.04 Å². The Kier molecular flexibility index (Phi) is 8.61. The lowest BCUT2D eigenvalue weighted by molar-refractivity contribution is -0.157. The molecule has 3 aliphatic rings. The van der Waals surface area contributed by atoms with Crippen LogP contribution in [0.15, 0.2) is 42.6 Å². The van der Waals surface area contributed by atoms with E-state index in [9.17, 15) is 23.5 Å². The minimum Gasteiger partial charge on any atom is -0.481 e. The molecule has 2 N–H and O–H groups in total. The summed E-state index contributed by atoms with van der Waals surface area (Å²) in [5.41, 5.74) is 2.27. The summed E-state index contributed by atoms with van der Waals surface area (Å²) in [6.45, 7) is 6.29. The number of rotatable bonds is 8. The number of hydrogen-bond donors (Lipinski definition) is 2. The molecule has 5 atom stereocenters. The molecule has 1 amide bonds. The van der Waals surface area contributed by atoms with Crippen LogP contribution in [-0.4, -0.2) is 52.0 Å². The highest BCUT2D eigenvalue weighted by Gasteiger charge is 2.59. The third-order valence-corrected chi connectivity index (χ3v) is 9.55. The van der Waals surface area contributed by atoms with E-state index in [2.05, 4.69) is 16.4 Å². The predicted molar refractivity (Wildman–Crippen MR) is 155 cm³/mol. The molecule has 0 bridgehead atoms. The summed E-state index contributed by atoms with van der Waals surface area (Å²) in [6, 6.07) is 9.16. The van der Waals surface area contributed by atoms with Crippen LogP contribution in [-0.2, 0) is 16.1 Å². The van der Waals surface area contributed by atoms with Crippen LogP contribution in [0.3, 0.4) is 0 Å². The van der Waals surface area contributed by atoms with Gasteiger partial charge in [0.05, 0.1) is 13.2 Å². The van der Waals surface area contributed by atoms with Gasteiger partial charge in [0.25, 0.3) is 0 Å². The van der Waals surface area contributed by atoms with Crippen molar-refractivity contribution < 1.29 is 28.2 Å². The van der Waals surface area contributed by atoms with Gasteiger partial charge in [-0.1, -0.05) is 57.5 Å². The number of alkyl halides is 2. The fourth-order valence-corrected chi connectivity index (χ4v) is 7.34. The van der Waals surface area contributed by atoms with Gasteiger partial charge in [-0.05, 0) is 54.2 Å². The minimum absolute atomic E-state index is 0.236. The van der Waals surface area contributed by atoms with Crippen molar-refractivity contribution in [3.63, 3.8) is 0 Å². The molecule has 5 rings (SSSR count). The highest BCUT2D eigenvalue weighted by molar-refractivity contribution is 5.87. The molecule has 1 aromatic carbocycles. The number of likely N-dealkylation sites (tertiary alicyclic amines) is 1. The fourth-order valence-electron chi connectivity index (χ4n) is 7.34. The van der Waals surface area contributed by atoms with E-state index in [1.807, 2.05) is 57.3 Å². The zero-order chi connectivity index (χ0) is 30.2. The van der Waals surface area contributed by atoms with Crippen molar-refractivity contribution >= 4 is 11.9 Å². The number of nitrogens with one attached hydrogen (secondary N) is 1. The summed E-state index contributed by atoms with van der Waals surface area (Å²) in [7, 11) is 1.58. The summed E-state index contributed by atoms with van der Waals surface area (Å²) in [6.07, 6.45) is 5.09. The van der Waals surface area contributed by atoms with Crippen molar-refractivity contribution in [2.75, 3.05) is 7.11 Å². The van der Waals surface area contributed by atoms with E-state index in [0.717, 1.165) is 29.5 Å². The molecule has 3 fully saturated rings. The Bertz CT molecular complexity index is 1280. The second kappa shape index (κ2) is 11.9. The lowest BCUT2D eigenvalue weighted by Crippen LogP contribution is -2.50. The first-order chi connectivity index (χ1) is 19.9. The van der Waals surface area contributed by atoms with E-state index in [1.165, 1.54) is 11.3 Å². The van der Waals surface area contributed by atoms with E-state index in [1.54, 1.807) is 7.11 Å². The number of amides is 1. The van der Waals surface area contributed by atoms with E-state index in [4.69, 9.17) is 4.74 Å². The Morgan fingerprint density at radius 1 is 1.12 bits per heavy atom. The molecule has 2 aromatic rings. The molecule has 1 saturated heterocycles. The summed E-state index contributed by atoms with van der Waals surface area (Å²) in [4.78, 5) is 33.2. The van der Waals surface area contributed by atoms with Crippen LogP contribution in [0.2, 0.25) is 0 Å². The van der Waals surface area contributed by atoms with Crippen LogP contribution < -0.4 is 10.1 Å². The normalized spacial score (nSPS) is 27.9. The molecular weight excluding hydrogens is 540 g/mol. The Labute approximate surface area is 247 Å². The van der Waals surface area contributed by atoms with Gasteiger partial charge in [0.2, 0.25) is 17.7 Å². The van der Waals surface area contributed by atoms with Crippen molar-refractivity contribution in [3.05, 3.63) is 59.3 Å². The largest absolute Gasteiger partial charge is 0.481 e. The number of ether oxygens (including phenoxy) is 1. The molecule has 228 valence electrons. The Balaban J connectivity index is 1.56. The third kappa shape index (κ3) is 6.03. The van der Waals surface area contributed by atoms with Gasteiger partial charge in [-0.3, -0.25) is 4.79 Å². The number of carboxylic acid groups (broad SMARTS) is 1. The van der Waals surface area contributed by atoms with Gasteiger partial charge < -0.3 is 20.1 Å². The second-order valence-corrected chi connectivity index (χ2v) is 13.4. The Morgan fingerprint density at radius 3 is 2.40 bits per heavy atom. The van der Waals surface area contributed by atoms with Crippen molar-refractivity contribution in [1.29, 1.82) is 0 Å². The molecule has 2 heterocycles. The van der Waals surface area contributed by atoms with Crippen LogP contribution >= 0.6 is 0 Å². The van der Waals surface area contributed by atoms with Gasteiger partial charge in [-0.15, -0.1) is 0 Å². The van der Waals surface area contributed by atoms with E-state index < -0.39 is 59.6 Å². The molecule has 7 nitrogen and oxygen atoms in total. The molecule has 0 spiro atoms. The van der Waals surface area contributed by atoms with Crippen LogP contribution in [0.1, 0.15) is 94.4 Å². The summed E-state index contributed by atoms with van der Waals surface area (Å²) < 4.78 is 34.6. The maximum absolute atomic E-state index is 14.5. The molecular formula is C33H43F2N3O4. The lowest BCUT2D eigenvalue weighted by atomic mass is 9.72. The van der Waals surface area contributed by atoms with E-state index in [0.29, 0.717) is 24.8 Å².